The number of aliphatic hydroxyl groups is 1. The largest absolute Gasteiger partial charge is 0.388 e. The summed E-state index contributed by atoms with van der Waals surface area (Å²) in [5.74, 6) is -0.228. The number of carbonyl (C=O) groups is 2. The highest BCUT2D eigenvalue weighted by atomic mass is 16.5. The van der Waals surface area contributed by atoms with Crippen LogP contribution in [0.25, 0.3) is 0 Å². The number of Topliss-reactive ketones (excluding diaryl/α,β-unsaturated/α-hetero) is 1. The molecule has 0 aliphatic carbocycles. The molecule has 16 heavy (non-hydrogen) atoms. The molecule has 0 bridgehead atoms. The fourth-order valence-corrected chi connectivity index (χ4v) is 1.08. The van der Waals surface area contributed by atoms with Gasteiger partial charge in [0.25, 0.3) is 0 Å². The number of rotatable bonds is 8. The first-order chi connectivity index (χ1) is 7.37. The van der Waals surface area contributed by atoms with Gasteiger partial charge in [-0.05, 0) is 13.8 Å². The lowest BCUT2D eigenvalue weighted by atomic mass is 10.0. The van der Waals surface area contributed by atoms with E-state index >= 15 is 0 Å². The zero-order valence-corrected chi connectivity index (χ0v) is 10.2. The SMILES string of the molecule is COCCC(C)(O)CNC(=O)CCC(C)=O. The Hall–Kier alpha value is -0.940. The molecular formula is C11H21NO4. The monoisotopic (exact) mass is 231 g/mol. The van der Waals surface area contributed by atoms with E-state index in [1.54, 1.807) is 14.0 Å². The van der Waals surface area contributed by atoms with Crippen molar-refractivity contribution in [3.63, 3.8) is 0 Å². The van der Waals surface area contributed by atoms with E-state index in [1.807, 2.05) is 0 Å². The molecule has 1 amide bonds. The van der Waals surface area contributed by atoms with Crippen molar-refractivity contribution >= 4 is 11.7 Å². The van der Waals surface area contributed by atoms with Gasteiger partial charge in [-0.2, -0.15) is 0 Å². The van der Waals surface area contributed by atoms with Crippen LogP contribution in [0.2, 0.25) is 0 Å². The van der Waals surface area contributed by atoms with Gasteiger partial charge in [-0.15, -0.1) is 0 Å². The Kier molecular flexibility index (Phi) is 6.92. The first kappa shape index (κ1) is 15.1. The van der Waals surface area contributed by atoms with Gasteiger partial charge in [0.05, 0.1) is 5.60 Å². The van der Waals surface area contributed by atoms with E-state index in [2.05, 4.69) is 5.32 Å². The summed E-state index contributed by atoms with van der Waals surface area (Å²) in [6.45, 7) is 3.70. The van der Waals surface area contributed by atoms with Crippen LogP contribution in [-0.4, -0.2) is 42.7 Å². The minimum absolute atomic E-state index is 0.0127. The Bertz CT molecular complexity index is 238. The minimum atomic E-state index is -0.970. The topological polar surface area (TPSA) is 75.6 Å². The summed E-state index contributed by atoms with van der Waals surface area (Å²) in [5, 5.41) is 12.4. The number of methoxy groups -OCH3 is 1. The highest BCUT2D eigenvalue weighted by Crippen LogP contribution is 2.07. The van der Waals surface area contributed by atoms with Crippen LogP contribution >= 0.6 is 0 Å². The summed E-state index contributed by atoms with van der Waals surface area (Å²) < 4.78 is 4.85. The molecule has 0 spiro atoms. The lowest BCUT2D eigenvalue weighted by Crippen LogP contribution is -2.41. The van der Waals surface area contributed by atoms with Crippen LogP contribution in [-0.2, 0) is 14.3 Å². The fraction of sp³-hybridized carbons (Fsp3) is 0.818. The second-order valence-electron chi connectivity index (χ2n) is 4.22. The van der Waals surface area contributed by atoms with E-state index in [0.717, 1.165) is 0 Å². The van der Waals surface area contributed by atoms with Crippen molar-refractivity contribution < 1.29 is 19.4 Å². The van der Waals surface area contributed by atoms with Crippen LogP contribution in [0.5, 0.6) is 0 Å². The van der Waals surface area contributed by atoms with Gasteiger partial charge >= 0.3 is 0 Å². The maximum Gasteiger partial charge on any atom is 0.220 e. The Balaban J connectivity index is 3.76. The second-order valence-corrected chi connectivity index (χ2v) is 4.22. The van der Waals surface area contributed by atoms with Crippen molar-refractivity contribution in [3.8, 4) is 0 Å². The minimum Gasteiger partial charge on any atom is -0.388 e. The number of hydrogen-bond acceptors (Lipinski definition) is 4. The van der Waals surface area contributed by atoms with E-state index in [-0.39, 0.29) is 31.1 Å². The molecule has 0 fully saturated rings. The smallest absolute Gasteiger partial charge is 0.220 e. The van der Waals surface area contributed by atoms with Gasteiger partial charge in [-0.1, -0.05) is 0 Å². The predicted octanol–water partition coefficient (Wildman–Crippen LogP) is 0.259. The first-order valence-corrected chi connectivity index (χ1v) is 5.35. The normalized spacial score (nSPS) is 14.2. The van der Waals surface area contributed by atoms with Gasteiger partial charge in [0.1, 0.15) is 5.78 Å². The molecule has 0 rings (SSSR count). The molecule has 1 atom stereocenters. The third kappa shape index (κ3) is 8.38. The van der Waals surface area contributed by atoms with Crippen LogP contribution in [0.1, 0.15) is 33.1 Å². The highest BCUT2D eigenvalue weighted by Gasteiger charge is 2.20. The summed E-state index contributed by atoms with van der Waals surface area (Å²) >= 11 is 0. The lowest BCUT2D eigenvalue weighted by Gasteiger charge is -2.23. The number of nitrogens with one attached hydrogen (secondary N) is 1. The number of carbonyl (C=O) groups excluding carboxylic acids is 2. The Labute approximate surface area is 96.2 Å². The quantitative estimate of drug-likeness (QED) is 0.628. The molecule has 5 heteroatoms. The molecule has 1 unspecified atom stereocenters. The van der Waals surface area contributed by atoms with Gasteiger partial charge in [0.2, 0.25) is 5.91 Å². The van der Waals surface area contributed by atoms with Gasteiger partial charge in [0, 0.05) is 39.5 Å². The molecular weight excluding hydrogens is 210 g/mol. The number of hydrogen-bond donors (Lipinski definition) is 2. The molecule has 2 N–H and O–H groups in total. The van der Waals surface area contributed by atoms with Crippen molar-refractivity contribution in [2.75, 3.05) is 20.3 Å². The molecule has 0 saturated carbocycles. The Morgan fingerprint density at radius 2 is 2.00 bits per heavy atom. The summed E-state index contributed by atoms with van der Waals surface area (Å²) in [7, 11) is 1.56. The molecule has 0 heterocycles. The van der Waals surface area contributed by atoms with E-state index in [0.29, 0.717) is 13.0 Å². The number of ether oxygens (including phenoxy) is 1. The fourth-order valence-electron chi connectivity index (χ4n) is 1.08. The first-order valence-electron chi connectivity index (χ1n) is 5.35. The van der Waals surface area contributed by atoms with Gasteiger partial charge < -0.3 is 20.0 Å². The van der Waals surface area contributed by atoms with Crippen LogP contribution in [0.3, 0.4) is 0 Å². The van der Waals surface area contributed by atoms with Crippen LogP contribution in [0.15, 0.2) is 0 Å². The van der Waals surface area contributed by atoms with Gasteiger partial charge in [-0.3, -0.25) is 4.79 Å². The maximum absolute atomic E-state index is 11.3. The van der Waals surface area contributed by atoms with Crippen molar-refractivity contribution in [2.45, 2.75) is 38.7 Å². The van der Waals surface area contributed by atoms with E-state index < -0.39 is 5.60 Å². The lowest BCUT2D eigenvalue weighted by molar-refractivity contribution is -0.125. The van der Waals surface area contributed by atoms with E-state index in [4.69, 9.17) is 4.74 Å². The van der Waals surface area contributed by atoms with Crippen molar-refractivity contribution in [1.29, 1.82) is 0 Å². The Morgan fingerprint density at radius 1 is 1.38 bits per heavy atom. The zero-order valence-electron chi connectivity index (χ0n) is 10.2. The predicted molar refractivity (Wildman–Crippen MR) is 60.0 cm³/mol. The van der Waals surface area contributed by atoms with Crippen molar-refractivity contribution in [1.82, 2.24) is 5.32 Å². The summed E-state index contributed by atoms with van der Waals surface area (Å²) in [6.07, 6.45) is 0.873. The molecule has 0 aromatic rings. The molecule has 94 valence electrons. The molecule has 0 aliphatic rings. The molecule has 0 aliphatic heterocycles. The molecule has 0 saturated heterocycles. The average Bonchev–Trinajstić information content (AvgIpc) is 2.21. The molecule has 0 radical (unpaired) electrons. The molecule has 5 nitrogen and oxygen atoms in total. The average molecular weight is 231 g/mol. The third-order valence-corrected chi connectivity index (χ3v) is 2.22. The Morgan fingerprint density at radius 3 is 2.50 bits per heavy atom. The molecule has 0 aromatic carbocycles. The zero-order chi connectivity index (χ0) is 12.6. The second kappa shape index (κ2) is 7.35. The number of ketones is 1. The number of amides is 1. The van der Waals surface area contributed by atoms with Crippen LogP contribution < -0.4 is 5.32 Å². The van der Waals surface area contributed by atoms with Crippen LogP contribution in [0.4, 0.5) is 0 Å². The van der Waals surface area contributed by atoms with Crippen molar-refractivity contribution in [3.05, 3.63) is 0 Å². The standard InChI is InChI=1S/C11H21NO4/c1-9(13)4-5-10(14)12-8-11(2,15)6-7-16-3/h15H,4-8H2,1-3H3,(H,12,14). The van der Waals surface area contributed by atoms with E-state index in [9.17, 15) is 14.7 Å². The summed E-state index contributed by atoms with van der Waals surface area (Å²) in [5.41, 5.74) is -0.970. The summed E-state index contributed by atoms with van der Waals surface area (Å²) in [4.78, 5) is 21.9. The van der Waals surface area contributed by atoms with Gasteiger partial charge in [0.15, 0.2) is 0 Å². The highest BCUT2D eigenvalue weighted by molar-refractivity contribution is 5.83. The van der Waals surface area contributed by atoms with Gasteiger partial charge in [-0.25, -0.2) is 0 Å². The third-order valence-electron chi connectivity index (χ3n) is 2.22. The molecule has 0 aromatic heterocycles. The summed E-state index contributed by atoms with van der Waals surface area (Å²) in [6, 6.07) is 0. The van der Waals surface area contributed by atoms with Crippen molar-refractivity contribution in [2.24, 2.45) is 0 Å². The van der Waals surface area contributed by atoms with Crippen LogP contribution in [0, 0.1) is 0 Å². The maximum atomic E-state index is 11.3. The van der Waals surface area contributed by atoms with E-state index in [1.165, 1.54) is 6.92 Å².